The Bertz CT molecular complexity index is 340. The molecule has 0 heterocycles. The van der Waals surface area contributed by atoms with Gasteiger partial charge in [-0.2, -0.15) is 0 Å². The molecule has 0 bridgehead atoms. The molecular formula is C15H26N2O3. The van der Waals surface area contributed by atoms with Gasteiger partial charge in [0, 0.05) is 12.6 Å². The van der Waals surface area contributed by atoms with Crippen LogP contribution in [0.1, 0.15) is 57.8 Å². The summed E-state index contributed by atoms with van der Waals surface area (Å²) in [5.74, 6) is -0.462. The second-order valence-corrected chi connectivity index (χ2v) is 6.18. The van der Waals surface area contributed by atoms with E-state index in [4.69, 9.17) is 5.11 Å². The first kappa shape index (κ1) is 15.1. The van der Waals surface area contributed by atoms with Crippen molar-refractivity contribution in [2.75, 3.05) is 6.54 Å². The zero-order valence-corrected chi connectivity index (χ0v) is 12.1. The fourth-order valence-electron chi connectivity index (χ4n) is 3.51. The zero-order chi connectivity index (χ0) is 14.4. The summed E-state index contributed by atoms with van der Waals surface area (Å²) in [5.41, 5.74) is 0. The van der Waals surface area contributed by atoms with Gasteiger partial charge in [0.1, 0.15) is 0 Å². The van der Waals surface area contributed by atoms with E-state index in [0.29, 0.717) is 13.0 Å². The highest BCUT2D eigenvalue weighted by atomic mass is 16.4. The minimum Gasteiger partial charge on any atom is -0.481 e. The fourth-order valence-corrected chi connectivity index (χ4v) is 3.51. The van der Waals surface area contributed by atoms with Crippen molar-refractivity contribution in [3.05, 3.63) is 0 Å². The van der Waals surface area contributed by atoms with Crippen LogP contribution in [0.2, 0.25) is 0 Å². The van der Waals surface area contributed by atoms with E-state index in [9.17, 15) is 9.59 Å². The molecule has 2 fully saturated rings. The van der Waals surface area contributed by atoms with Crippen LogP contribution in [0.15, 0.2) is 0 Å². The van der Waals surface area contributed by atoms with Crippen molar-refractivity contribution >= 4 is 12.0 Å². The highest BCUT2D eigenvalue weighted by molar-refractivity contribution is 5.76. The van der Waals surface area contributed by atoms with E-state index < -0.39 is 11.9 Å². The summed E-state index contributed by atoms with van der Waals surface area (Å²) in [6.07, 6.45) is 9.92. The van der Waals surface area contributed by atoms with Gasteiger partial charge in [-0.1, -0.05) is 38.5 Å². The number of carbonyl (C=O) groups excluding carboxylic acids is 1. The highest BCUT2D eigenvalue weighted by Gasteiger charge is 2.33. The summed E-state index contributed by atoms with van der Waals surface area (Å²) in [6, 6.07) is -0.416. The normalized spacial score (nSPS) is 27.2. The first-order valence-corrected chi connectivity index (χ1v) is 7.94. The molecule has 0 spiro atoms. The Balaban J connectivity index is 1.63. The van der Waals surface area contributed by atoms with Gasteiger partial charge in [-0.3, -0.25) is 4.79 Å². The van der Waals surface area contributed by atoms with E-state index in [1.165, 1.54) is 32.1 Å². The molecule has 20 heavy (non-hydrogen) atoms. The Kier molecular flexibility index (Phi) is 5.68. The van der Waals surface area contributed by atoms with Crippen molar-refractivity contribution in [3.8, 4) is 0 Å². The molecule has 2 aliphatic carbocycles. The highest BCUT2D eigenvalue weighted by Crippen LogP contribution is 2.26. The van der Waals surface area contributed by atoms with Crippen molar-refractivity contribution in [3.63, 3.8) is 0 Å². The number of hydrogen-bond acceptors (Lipinski definition) is 2. The quantitative estimate of drug-likeness (QED) is 0.725. The number of aliphatic carboxylic acids is 1. The molecule has 5 nitrogen and oxygen atoms in total. The average molecular weight is 282 g/mol. The van der Waals surface area contributed by atoms with E-state index in [-0.39, 0.29) is 12.1 Å². The number of carbonyl (C=O) groups is 2. The molecule has 2 unspecified atom stereocenters. The summed E-state index contributed by atoms with van der Waals surface area (Å²) < 4.78 is 0. The summed E-state index contributed by atoms with van der Waals surface area (Å²) in [5, 5.41) is 14.8. The Labute approximate surface area is 120 Å². The molecule has 5 heteroatoms. The summed E-state index contributed by atoms with van der Waals surface area (Å²) in [7, 11) is 0. The van der Waals surface area contributed by atoms with E-state index in [1.807, 2.05) is 0 Å². The van der Waals surface area contributed by atoms with Crippen LogP contribution in [0.3, 0.4) is 0 Å². The van der Waals surface area contributed by atoms with Crippen LogP contribution in [0, 0.1) is 11.8 Å². The number of amides is 2. The van der Waals surface area contributed by atoms with Crippen LogP contribution in [-0.2, 0) is 4.79 Å². The molecule has 0 saturated heterocycles. The number of rotatable bonds is 5. The number of hydrogen-bond donors (Lipinski definition) is 3. The topological polar surface area (TPSA) is 78.4 Å². The molecule has 2 amide bonds. The minimum absolute atomic E-state index is 0.206. The first-order chi connectivity index (χ1) is 9.66. The van der Waals surface area contributed by atoms with Crippen LogP contribution in [0.5, 0.6) is 0 Å². The van der Waals surface area contributed by atoms with Gasteiger partial charge < -0.3 is 15.7 Å². The summed E-state index contributed by atoms with van der Waals surface area (Å²) in [6.45, 7) is 0.695. The van der Waals surface area contributed by atoms with Crippen molar-refractivity contribution in [2.24, 2.45) is 11.8 Å². The molecule has 0 aliphatic heterocycles. The van der Waals surface area contributed by atoms with Gasteiger partial charge in [0.2, 0.25) is 0 Å². The Morgan fingerprint density at radius 1 is 1.00 bits per heavy atom. The van der Waals surface area contributed by atoms with Gasteiger partial charge in [0.05, 0.1) is 5.92 Å². The first-order valence-electron chi connectivity index (χ1n) is 7.94. The maximum atomic E-state index is 11.8. The monoisotopic (exact) mass is 282 g/mol. The summed E-state index contributed by atoms with van der Waals surface area (Å²) >= 11 is 0. The zero-order valence-electron chi connectivity index (χ0n) is 12.1. The summed E-state index contributed by atoms with van der Waals surface area (Å²) in [4.78, 5) is 22.8. The maximum absolute atomic E-state index is 11.8. The van der Waals surface area contributed by atoms with E-state index >= 15 is 0 Å². The predicted octanol–water partition coefficient (Wildman–Crippen LogP) is 2.51. The van der Waals surface area contributed by atoms with Crippen LogP contribution in [0.25, 0.3) is 0 Å². The van der Waals surface area contributed by atoms with Crippen LogP contribution in [-0.4, -0.2) is 29.7 Å². The third-order valence-electron chi connectivity index (χ3n) is 4.71. The number of carboxylic acids is 1. The number of urea groups is 1. The molecule has 2 atom stereocenters. The van der Waals surface area contributed by atoms with Crippen molar-refractivity contribution < 1.29 is 14.7 Å². The fraction of sp³-hybridized carbons (Fsp3) is 0.867. The van der Waals surface area contributed by atoms with E-state index in [0.717, 1.165) is 25.2 Å². The molecule has 3 N–H and O–H groups in total. The third-order valence-corrected chi connectivity index (χ3v) is 4.71. The molecule has 0 aromatic heterocycles. The van der Waals surface area contributed by atoms with Crippen LogP contribution < -0.4 is 10.6 Å². The van der Waals surface area contributed by atoms with Gasteiger partial charge in [0.15, 0.2) is 0 Å². The lowest BCUT2D eigenvalue weighted by Gasteiger charge is -2.22. The minimum atomic E-state index is -0.796. The van der Waals surface area contributed by atoms with Crippen LogP contribution >= 0.6 is 0 Å². The molecule has 114 valence electrons. The largest absolute Gasteiger partial charge is 0.481 e. The predicted molar refractivity (Wildman–Crippen MR) is 76.5 cm³/mol. The smallest absolute Gasteiger partial charge is 0.315 e. The Morgan fingerprint density at radius 3 is 2.45 bits per heavy atom. The second-order valence-electron chi connectivity index (χ2n) is 6.18. The lowest BCUT2D eigenvalue weighted by atomic mass is 9.87. The lowest BCUT2D eigenvalue weighted by Crippen LogP contribution is -2.45. The molecule has 2 aliphatic rings. The molecular weight excluding hydrogens is 256 g/mol. The van der Waals surface area contributed by atoms with Gasteiger partial charge in [0.25, 0.3) is 0 Å². The van der Waals surface area contributed by atoms with Crippen molar-refractivity contribution in [1.29, 1.82) is 0 Å². The molecule has 0 aromatic rings. The second kappa shape index (κ2) is 7.50. The van der Waals surface area contributed by atoms with E-state index in [2.05, 4.69) is 10.6 Å². The average Bonchev–Trinajstić information content (AvgIpc) is 2.88. The number of carboxylic acid groups (broad SMARTS) is 1. The van der Waals surface area contributed by atoms with Gasteiger partial charge in [-0.25, -0.2) is 4.79 Å². The molecule has 0 radical (unpaired) electrons. The van der Waals surface area contributed by atoms with Gasteiger partial charge >= 0.3 is 12.0 Å². The van der Waals surface area contributed by atoms with Crippen molar-refractivity contribution in [1.82, 2.24) is 10.6 Å². The number of nitrogens with one attached hydrogen (secondary N) is 2. The standard InChI is InChI=1S/C15H26N2O3/c18-14(19)12-7-4-8-13(12)17-15(20)16-10-9-11-5-2-1-3-6-11/h11-13H,1-10H2,(H,18,19)(H2,16,17,20). The van der Waals surface area contributed by atoms with Crippen molar-refractivity contribution in [2.45, 2.75) is 63.8 Å². The maximum Gasteiger partial charge on any atom is 0.315 e. The Hall–Kier alpha value is -1.26. The molecule has 2 saturated carbocycles. The molecule has 2 rings (SSSR count). The Morgan fingerprint density at radius 2 is 1.75 bits per heavy atom. The SMILES string of the molecule is O=C(NCCC1CCCCC1)NC1CCCC1C(=O)O. The van der Waals surface area contributed by atoms with Crippen LogP contribution in [0.4, 0.5) is 4.79 Å². The molecule has 0 aromatic carbocycles. The lowest BCUT2D eigenvalue weighted by molar-refractivity contribution is -0.142. The van der Waals surface area contributed by atoms with Gasteiger partial charge in [-0.15, -0.1) is 0 Å². The van der Waals surface area contributed by atoms with E-state index in [1.54, 1.807) is 0 Å². The van der Waals surface area contributed by atoms with Gasteiger partial charge in [-0.05, 0) is 25.2 Å². The third kappa shape index (κ3) is 4.39.